The summed E-state index contributed by atoms with van der Waals surface area (Å²) in [5, 5.41) is 16.9. The van der Waals surface area contributed by atoms with Gasteiger partial charge in [0.05, 0.1) is 6.10 Å². The van der Waals surface area contributed by atoms with E-state index < -0.39 is 0 Å². The van der Waals surface area contributed by atoms with E-state index in [-0.39, 0.29) is 24.0 Å². The van der Waals surface area contributed by atoms with Gasteiger partial charge in [0.1, 0.15) is 5.82 Å². The molecule has 156 valence electrons. The van der Waals surface area contributed by atoms with Crippen LogP contribution in [-0.2, 0) is 6.42 Å². The maximum absolute atomic E-state index is 13.2. The molecule has 2 saturated heterocycles. The van der Waals surface area contributed by atoms with Crippen molar-refractivity contribution in [1.82, 2.24) is 20.0 Å². The number of hydrogen-bond donors (Lipinski definition) is 3. The Morgan fingerprint density at radius 1 is 1.17 bits per heavy atom. The van der Waals surface area contributed by atoms with E-state index in [2.05, 4.69) is 41.4 Å². The third kappa shape index (κ3) is 4.40. The van der Waals surface area contributed by atoms with E-state index in [4.69, 9.17) is 5.73 Å². The number of aliphatic hydroxyl groups excluding tert-OH is 1. The maximum atomic E-state index is 13.2. The molecule has 4 rings (SSSR count). The molecule has 7 heteroatoms. The van der Waals surface area contributed by atoms with Gasteiger partial charge in [-0.1, -0.05) is 31.2 Å². The summed E-state index contributed by atoms with van der Waals surface area (Å²) in [5.74, 6) is 0.921. The summed E-state index contributed by atoms with van der Waals surface area (Å²) in [4.78, 5) is 17.1. The number of urea groups is 1. The third-order valence-corrected chi connectivity index (χ3v) is 6.37. The van der Waals surface area contributed by atoms with Crippen molar-refractivity contribution in [2.75, 3.05) is 31.9 Å². The Labute approximate surface area is 171 Å². The number of nitrogens with one attached hydrogen (secondary N) is 1. The highest BCUT2D eigenvalue weighted by molar-refractivity contribution is 5.75. The van der Waals surface area contributed by atoms with Gasteiger partial charge in [0.2, 0.25) is 0 Å². The topological polar surface area (TPSA) is 98.5 Å². The predicted octanol–water partition coefficient (Wildman–Crippen LogP) is 2.70. The number of piperidine rings is 2. The first-order valence-corrected chi connectivity index (χ1v) is 10.6. The summed E-state index contributed by atoms with van der Waals surface area (Å²) in [5.41, 5.74) is 9.41. The molecule has 0 spiro atoms. The number of carbonyl (C=O) groups excluding carboxylic acids is 1. The Morgan fingerprint density at radius 3 is 2.48 bits per heavy atom. The lowest BCUT2D eigenvalue weighted by molar-refractivity contribution is 0.0755. The number of aromatic amines is 1. The minimum Gasteiger partial charge on any atom is -0.393 e. The molecule has 0 saturated carbocycles. The van der Waals surface area contributed by atoms with E-state index in [0.29, 0.717) is 44.8 Å². The highest BCUT2D eigenvalue weighted by atomic mass is 16.3. The second kappa shape index (κ2) is 8.45. The summed E-state index contributed by atoms with van der Waals surface area (Å²) in [6.07, 6.45) is 3.00. The molecule has 2 aliphatic heterocycles. The van der Waals surface area contributed by atoms with Crippen LogP contribution in [0.5, 0.6) is 0 Å². The monoisotopic (exact) mass is 397 g/mol. The van der Waals surface area contributed by atoms with Crippen molar-refractivity contribution in [1.29, 1.82) is 0 Å². The average Bonchev–Trinajstić information content (AvgIpc) is 3.20. The molecule has 2 atom stereocenters. The van der Waals surface area contributed by atoms with Gasteiger partial charge in [0.15, 0.2) is 0 Å². The number of amides is 2. The smallest absolute Gasteiger partial charge is 0.320 e. The Kier molecular flexibility index (Phi) is 5.76. The summed E-state index contributed by atoms with van der Waals surface area (Å²) in [6.45, 7) is 4.76. The van der Waals surface area contributed by atoms with Crippen LogP contribution in [0, 0.1) is 0 Å². The molecule has 1 aromatic heterocycles. The van der Waals surface area contributed by atoms with Crippen molar-refractivity contribution in [3.63, 3.8) is 0 Å². The second-order valence-corrected chi connectivity index (χ2v) is 8.38. The average molecular weight is 398 g/mol. The Morgan fingerprint density at radius 2 is 1.86 bits per heavy atom. The van der Waals surface area contributed by atoms with Gasteiger partial charge in [-0.25, -0.2) is 4.79 Å². The number of H-pyrrole nitrogens is 1. The molecule has 7 nitrogen and oxygen atoms in total. The van der Waals surface area contributed by atoms with E-state index in [1.807, 2.05) is 15.9 Å². The molecule has 4 N–H and O–H groups in total. The van der Waals surface area contributed by atoms with Crippen molar-refractivity contribution in [2.45, 2.75) is 50.5 Å². The Balaban J connectivity index is 1.55. The van der Waals surface area contributed by atoms with Gasteiger partial charge >= 0.3 is 6.03 Å². The number of rotatable bonds is 3. The molecular weight excluding hydrogens is 366 g/mol. The maximum Gasteiger partial charge on any atom is 0.320 e. The molecule has 0 bridgehead atoms. The summed E-state index contributed by atoms with van der Waals surface area (Å²) >= 11 is 0. The lowest BCUT2D eigenvalue weighted by Crippen LogP contribution is -2.51. The fraction of sp³-hybridized carbons (Fsp3) is 0.545. The molecule has 1 aromatic carbocycles. The van der Waals surface area contributed by atoms with Crippen LogP contribution in [0.25, 0.3) is 0 Å². The molecule has 2 unspecified atom stereocenters. The van der Waals surface area contributed by atoms with Gasteiger partial charge in [0, 0.05) is 49.8 Å². The number of nitrogen functional groups attached to an aromatic ring is 1. The molecule has 29 heavy (non-hydrogen) atoms. The van der Waals surface area contributed by atoms with Gasteiger partial charge in [-0.3, -0.25) is 5.10 Å². The van der Waals surface area contributed by atoms with E-state index >= 15 is 0 Å². The fourth-order valence-electron chi connectivity index (χ4n) is 4.57. The molecule has 2 aromatic rings. The number of carbonyl (C=O) groups is 1. The van der Waals surface area contributed by atoms with Crippen molar-refractivity contribution >= 4 is 11.8 Å². The van der Waals surface area contributed by atoms with Crippen molar-refractivity contribution < 1.29 is 9.90 Å². The first-order valence-electron chi connectivity index (χ1n) is 10.6. The number of aromatic nitrogens is 2. The number of anilines is 1. The Hall–Kier alpha value is -2.54. The van der Waals surface area contributed by atoms with Crippen LogP contribution in [0.1, 0.15) is 54.8 Å². The minimum atomic E-state index is -0.286. The molecule has 3 heterocycles. The molecule has 2 fully saturated rings. The molecular formula is C22H31N5O2. The highest BCUT2D eigenvalue weighted by Crippen LogP contribution is 2.36. The van der Waals surface area contributed by atoms with Crippen LogP contribution in [-0.4, -0.2) is 63.4 Å². The zero-order valence-corrected chi connectivity index (χ0v) is 17.1. The molecule has 2 amide bonds. The number of likely N-dealkylation sites (tertiary alicyclic amines) is 2. The van der Waals surface area contributed by atoms with Crippen LogP contribution in [0.3, 0.4) is 0 Å². The number of nitrogens with zero attached hydrogens (tertiary/aromatic N) is 3. The van der Waals surface area contributed by atoms with Crippen LogP contribution in [0.4, 0.5) is 10.6 Å². The first-order chi connectivity index (χ1) is 14.0. The van der Waals surface area contributed by atoms with Crippen LogP contribution < -0.4 is 5.73 Å². The van der Waals surface area contributed by atoms with Gasteiger partial charge in [0.25, 0.3) is 0 Å². The SMILES string of the molecule is CCc1ccc(C2CC(c3cc(N)n[nH]3)CN(C(=O)N3CCC(O)CC3)C2)cc1. The summed E-state index contributed by atoms with van der Waals surface area (Å²) in [7, 11) is 0. The fourth-order valence-corrected chi connectivity index (χ4v) is 4.57. The van der Waals surface area contributed by atoms with E-state index in [1.54, 1.807) is 0 Å². The minimum absolute atomic E-state index is 0.0734. The zero-order valence-electron chi connectivity index (χ0n) is 17.1. The van der Waals surface area contributed by atoms with Gasteiger partial charge in [-0.2, -0.15) is 5.10 Å². The van der Waals surface area contributed by atoms with Crippen molar-refractivity contribution in [3.8, 4) is 0 Å². The lowest BCUT2D eigenvalue weighted by atomic mass is 9.83. The third-order valence-electron chi connectivity index (χ3n) is 6.37. The van der Waals surface area contributed by atoms with Crippen LogP contribution >= 0.6 is 0 Å². The summed E-state index contributed by atoms with van der Waals surface area (Å²) in [6, 6.07) is 10.7. The largest absolute Gasteiger partial charge is 0.393 e. The molecule has 0 aliphatic carbocycles. The standard InChI is InChI=1S/C22H31N5O2/c1-2-15-3-5-16(6-4-15)17-11-18(20-12-21(23)25-24-20)14-27(13-17)22(29)26-9-7-19(28)8-10-26/h3-6,12,17-19,28H,2,7-11,13-14H2,1H3,(H3,23,24,25). The van der Waals surface area contributed by atoms with E-state index in [9.17, 15) is 9.90 Å². The van der Waals surface area contributed by atoms with E-state index in [1.165, 1.54) is 11.1 Å². The van der Waals surface area contributed by atoms with E-state index in [0.717, 1.165) is 18.5 Å². The van der Waals surface area contributed by atoms with Crippen molar-refractivity contribution in [2.24, 2.45) is 0 Å². The quantitative estimate of drug-likeness (QED) is 0.742. The normalized spacial score (nSPS) is 23.4. The van der Waals surface area contributed by atoms with Crippen LogP contribution in [0.2, 0.25) is 0 Å². The number of aliphatic hydroxyl groups is 1. The lowest BCUT2D eigenvalue weighted by Gasteiger charge is -2.41. The first kappa shape index (κ1) is 19.8. The summed E-state index contributed by atoms with van der Waals surface area (Å²) < 4.78 is 0. The zero-order chi connectivity index (χ0) is 20.4. The van der Waals surface area contributed by atoms with Gasteiger partial charge < -0.3 is 20.6 Å². The molecule has 0 radical (unpaired) electrons. The Bertz CT molecular complexity index is 826. The highest BCUT2D eigenvalue weighted by Gasteiger charge is 2.35. The van der Waals surface area contributed by atoms with Crippen molar-refractivity contribution in [3.05, 3.63) is 47.2 Å². The number of hydrogen-bond acceptors (Lipinski definition) is 4. The second-order valence-electron chi connectivity index (χ2n) is 8.38. The van der Waals surface area contributed by atoms with Gasteiger partial charge in [-0.05, 0) is 36.8 Å². The number of benzene rings is 1. The number of nitrogens with two attached hydrogens (primary N) is 1. The number of aryl methyl sites for hydroxylation is 1. The predicted molar refractivity (Wildman–Crippen MR) is 113 cm³/mol. The van der Waals surface area contributed by atoms with Gasteiger partial charge in [-0.15, -0.1) is 0 Å². The molecule has 2 aliphatic rings. The van der Waals surface area contributed by atoms with Crippen LogP contribution in [0.15, 0.2) is 30.3 Å².